The second-order valence-electron chi connectivity index (χ2n) is 4.05. The summed E-state index contributed by atoms with van der Waals surface area (Å²) in [6.07, 6.45) is -3.15. The molecule has 1 saturated carbocycles. The summed E-state index contributed by atoms with van der Waals surface area (Å²) < 4.78 is 50.2. The minimum atomic E-state index is -4.83. The van der Waals surface area contributed by atoms with Crippen molar-refractivity contribution in [2.75, 3.05) is 7.11 Å². The van der Waals surface area contributed by atoms with Crippen molar-refractivity contribution < 1.29 is 32.2 Å². The molecule has 1 aromatic carbocycles. The summed E-state index contributed by atoms with van der Waals surface area (Å²) in [4.78, 5) is 11.4. The van der Waals surface area contributed by atoms with Crippen LogP contribution in [0.25, 0.3) is 0 Å². The van der Waals surface area contributed by atoms with Gasteiger partial charge in [0.05, 0.1) is 18.8 Å². The van der Waals surface area contributed by atoms with Crippen molar-refractivity contribution >= 4 is 5.97 Å². The monoisotopic (exact) mass is 276 g/mol. The normalized spacial score (nSPS) is 14.9. The van der Waals surface area contributed by atoms with Crippen LogP contribution in [-0.4, -0.2) is 25.5 Å². The zero-order chi connectivity index (χ0) is 14.0. The molecule has 0 radical (unpaired) electrons. The Labute approximate surface area is 107 Å². The standard InChI is InChI=1S/C12H11F3O4/c1-17-11(16)7-4-9(18-8-2-3-8)6-10(5-7)19-12(13,14)15/h4-6,8H,2-3H2,1H3. The van der Waals surface area contributed by atoms with E-state index in [0.29, 0.717) is 0 Å². The second-order valence-corrected chi connectivity index (χ2v) is 4.05. The van der Waals surface area contributed by atoms with Crippen molar-refractivity contribution in [1.29, 1.82) is 0 Å². The van der Waals surface area contributed by atoms with E-state index in [-0.39, 0.29) is 17.4 Å². The molecule has 0 aliphatic heterocycles. The summed E-state index contributed by atoms with van der Waals surface area (Å²) in [5.74, 6) is -1.11. The van der Waals surface area contributed by atoms with Gasteiger partial charge in [-0.2, -0.15) is 0 Å². The molecule has 0 N–H and O–H groups in total. The van der Waals surface area contributed by atoms with Crippen LogP contribution in [0.3, 0.4) is 0 Å². The highest BCUT2D eigenvalue weighted by Gasteiger charge is 2.32. The third-order valence-corrected chi connectivity index (χ3v) is 2.36. The predicted molar refractivity (Wildman–Crippen MR) is 58.1 cm³/mol. The zero-order valence-electron chi connectivity index (χ0n) is 9.99. The van der Waals surface area contributed by atoms with E-state index in [1.54, 1.807) is 0 Å². The van der Waals surface area contributed by atoms with Gasteiger partial charge in [0.15, 0.2) is 0 Å². The Bertz CT molecular complexity index is 480. The van der Waals surface area contributed by atoms with Crippen LogP contribution in [0.2, 0.25) is 0 Å². The van der Waals surface area contributed by atoms with Gasteiger partial charge in [-0.05, 0) is 25.0 Å². The molecule has 0 atom stereocenters. The summed E-state index contributed by atoms with van der Waals surface area (Å²) in [5, 5.41) is 0. The SMILES string of the molecule is COC(=O)c1cc(OC2CC2)cc(OC(F)(F)F)c1. The number of carbonyl (C=O) groups excluding carboxylic acids is 1. The molecule has 1 fully saturated rings. The van der Waals surface area contributed by atoms with Crippen LogP contribution in [0.1, 0.15) is 23.2 Å². The van der Waals surface area contributed by atoms with Gasteiger partial charge in [-0.1, -0.05) is 0 Å². The Hall–Kier alpha value is -1.92. The summed E-state index contributed by atoms with van der Waals surface area (Å²) >= 11 is 0. The number of methoxy groups -OCH3 is 1. The molecule has 0 amide bonds. The number of esters is 1. The maximum absolute atomic E-state index is 12.2. The van der Waals surface area contributed by atoms with E-state index in [4.69, 9.17) is 4.74 Å². The first kappa shape index (κ1) is 13.5. The number of ether oxygens (including phenoxy) is 3. The maximum atomic E-state index is 12.2. The van der Waals surface area contributed by atoms with Gasteiger partial charge >= 0.3 is 12.3 Å². The summed E-state index contributed by atoms with van der Waals surface area (Å²) in [7, 11) is 1.14. The summed E-state index contributed by atoms with van der Waals surface area (Å²) in [6, 6.07) is 3.38. The first-order chi connectivity index (χ1) is 8.87. The van der Waals surface area contributed by atoms with Gasteiger partial charge in [0.2, 0.25) is 0 Å². The highest BCUT2D eigenvalue weighted by atomic mass is 19.4. The van der Waals surface area contributed by atoms with E-state index in [1.807, 2.05) is 0 Å². The second kappa shape index (κ2) is 4.99. The van der Waals surface area contributed by atoms with Gasteiger partial charge in [-0.25, -0.2) is 4.79 Å². The zero-order valence-corrected chi connectivity index (χ0v) is 9.99. The van der Waals surface area contributed by atoms with Gasteiger partial charge in [0.1, 0.15) is 11.5 Å². The largest absolute Gasteiger partial charge is 0.573 e. The van der Waals surface area contributed by atoms with Gasteiger partial charge in [0.25, 0.3) is 0 Å². The van der Waals surface area contributed by atoms with Gasteiger partial charge in [0, 0.05) is 6.07 Å². The third kappa shape index (κ3) is 4.04. The van der Waals surface area contributed by atoms with Gasteiger partial charge < -0.3 is 14.2 Å². The lowest BCUT2D eigenvalue weighted by Gasteiger charge is -2.12. The van der Waals surface area contributed by atoms with Gasteiger partial charge in [-0.3, -0.25) is 0 Å². The van der Waals surface area contributed by atoms with Gasteiger partial charge in [-0.15, -0.1) is 13.2 Å². The average molecular weight is 276 g/mol. The fourth-order valence-electron chi connectivity index (χ4n) is 1.45. The number of rotatable bonds is 4. The average Bonchev–Trinajstić information content (AvgIpc) is 3.09. The van der Waals surface area contributed by atoms with Crippen molar-refractivity contribution in [1.82, 2.24) is 0 Å². The summed E-state index contributed by atoms with van der Waals surface area (Å²) in [5.41, 5.74) is -0.0556. The van der Waals surface area contributed by atoms with Crippen molar-refractivity contribution in [2.45, 2.75) is 25.3 Å². The Morgan fingerprint density at radius 2 is 1.84 bits per heavy atom. The topological polar surface area (TPSA) is 44.8 Å². The van der Waals surface area contributed by atoms with Crippen molar-refractivity contribution in [3.63, 3.8) is 0 Å². The first-order valence-electron chi connectivity index (χ1n) is 5.53. The van der Waals surface area contributed by atoms with E-state index in [0.717, 1.165) is 32.1 Å². The van der Waals surface area contributed by atoms with Crippen molar-refractivity contribution in [3.8, 4) is 11.5 Å². The molecule has 0 saturated heterocycles. The molecule has 4 nitrogen and oxygen atoms in total. The molecule has 1 aliphatic rings. The molecule has 1 aliphatic carbocycles. The Balaban J connectivity index is 2.27. The Morgan fingerprint density at radius 3 is 2.37 bits per heavy atom. The quantitative estimate of drug-likeness (QED) is 0.793. The lowest BCUT2D eigenvalue weighted by atomic mass is 10.2. The third-order valence-electron chi connectivity index (χ3n) is 2.36. The van der Waals surface area contributed by atoms with Crippen LogP contribution in [0.4, 0.5) is 13.2 Å². The molecular formula is C12H11F3O4. The number of hydrogen-bond donors (Lipinski definition) is 0. The molecule has 19 heavy (non-hydrogen) atoms. The molecule has 2 rings (SSSR count). The number of halogens is 3. The fourth-order valence-corrected chi connectivity index (χ4v) is 1.45. The minimum absolute atomic E-state index is 0.00775. The van der Waals surface area contributed by atoms with E-state index >= 15 is 0 Å². The van der Waals surface area contributed by atoms with E-state index < -0.39 is 18.1 Å². The molecule has 0 aromatic heterocycles. The molecule has 104 valence electrons. The number of alkyl halides is 3. The van der Waals surface area contributed by atoms with Crippen LogP contribution < -0.4 is 9.47 Å². The molecule has 0 unspecified atom stereocenters. The van der Waals surface area contributed by atoms with Crippen LogP contribution in [-0.2, 0) is 4.74 Å². The van der Waals surface area contributed by atoms with Crippen molar-refractivity contribution in [2.24, 2.45) is 0 Å². The predicted octanol–water partition coefficient (Wildman–Crippen LogP) is 2.91. The van der Waals surface area contributed by atoms with E-state index in [9.17, 15) is 18.0 Å². The van der Waals surface area contributed by atoms with Crippen LogP contribution in [0.15, 0.2) is 18.2 Å². The van der Waals surface area contributed by atoms with E-state index in [1.165, 1.54) is 6.07 Å². The van der Waals surface area contributed by atoms with Crippen LogP contribution in [0.5, 0.6) is 11.5 Å². The maximum Gasteiger partial charge on any atom is 0.573 e. The number of hydrogen-bond acceptors (Lipinski definition) is 4. The Kier molecular flexibility index (Phi) is 3.55. The molecule has 1 aromatic rings. The lowest BCUT2D eigenvalue weighted by molar-refractivity contribution is -0.274. The molecule has 0 spiro atoms. The van der Waals surface area contributed by atoms with Crippen molar-refractivity contribution in [3.05, 3.63) is 23.8 Å². The number of carbonyl (C=O) groups is 1. The molecule has 7 heteroatoms. The fraction of sp³-hybridized carbons (Fsp3) is 0.417. The molecular weight excluding hydrogens is 265 g/mol. The van der Waals surface area contributed by atoms with Crippen LogP contribution in [0, 0.1) is 0 Å². The first-order valence-corrected chi connectivity index (χ1v) is 5.53. The molecule has 0 heterocycles. The smallest absolute Gasteiger partial charge is 0.490 e. The lowest BCUT2D eigenvalue weighted by Crippen LogP contribution is -2.17. The van der Waals surface area contributed by atoms with Crippen LogP contribution >= 0.6 is 0 Å². The molecule has 0 bridgehead atoms. The summed E-state index contributed by atoms with van der Waals surface area (Å²) in [6.45, 7) is 0. The highest BCUT2D eigenvalue weighted by Crippen LogP contribution is 2.32. The van der Waals surface area contributed by atoms with E-state index in [2.05, 4.69) is 9.47 Å². The highest BCUT2D eigenvalue weighted by molar-refractivity contribution is 5.90. The minimum Gasteiger partial charge on any atom is -0.490 e. The number of benzene rings is 1. The Morgan fingerprint density at radius 1 is 1.21 bits per heavy atom.